The van der Waals surface area contributed by atoms with Crippen LogP contribution in [0.25, 0.3) is 0 Å². The average Bonchev–Trinajstić information content (AvgIpc) is 3.30. The van der Waals surface area contributed by atoms with Crippen LogP contribution in [-0.2, 0) is 22.5 Å². The number of amides is 1. The number of esters is 1. The molecule has 0 unspecified atom stereocenters. The number of benzene rings is 2. The maximum atomic E-state index is 12.7. The zero-order valence-electron chi connectivity index (χ0n) is 17.0. The van der Waals surface area contributed by atoms with Gasteiger partial charge in [0.15, 0.2) is 17.4 Å². The van der Waals surface area contributed by atoms with Gasteiger partial charge in [-0.1, -0.05) is 30.3 Å². The fourth-order valence-electron chi connectivity index (χ4n) is 3.46. The molecule has 2 aromatic carbocycles. The molecule has 0 bridgehead atoms. The number of nitrogens with zero attached hydrogens (tertiary/aromatic N) is 3. The Morgan fingerprint density at radius 3 is 2.81 bits per heavy atom. The summed E-state index contributed by atoms with van der Waals surface area (Å²) in [6.07, 6.45) is 1.33. The lowest BCUT2D eigenvalue weighted by atomic mass is 10.0. The standard InChI is InChI=1S/C22H20N4O5S/c27-20(25-10-4-7-16-11-17(26(29)30)8-9-19(16)25)13-31-21(28)18-14-32-22(24-18)23-12-15-5-2-1-3-6-15/h1-3,5-6,8-9,11,14H,4,7,10,12-13H2,(H,23,24). The number of hydrogen-bond acceptors (Lipinski definition) is 8. The Kier molecular flexibility index (Phi) is 6.41. The first-order chi connectivity index (χ1) is 15.5. The molecule has 4 rings (SSSR count). The van der Waals surface area contributed by atoms with Gasteiger partial charge in [0.05, 0.1) is 4.92 Å². The van der Waals surface area contributed by atoms with Gasteiger partial charge in [0.1, 0.15) is 0 Å². The minimum absolute atomic E-state index is 0.00955. The van der Waals surface area contributed by atoms with E-state index in [1.165, 1.54) is 28.4 Å². The van der Waals surface area contributed by atoms with E-state index in [1.807, 2.05) is 30.3 Å². The molecule has 0 saturated heterocycles. The monoisotopic (exact) mass is 452 g/mol. The molecular formula is C22H20N4O5S. The van der Waals surface area contributed by atoms with Crippen molar-refractivity contribution >= 4 is 39.7 Å². The smallest absolute Gasteiger partial charge is 0.358 e. The molecule has 0 spiro atoms. The lowest BCUT2D eigenvalue weighted by molar-refractivity contribution is -0.384. The summed E-state index contributed by atoms with van der Waals surface area (Å²) in [5.41, 5.74) is 2.56. The quantitative estimate of drug-likeness (QED) is 0.329. The summed E-state index contributed by atoms with van der Waals surface area (Å²) in [5.74, 6) is -1.06. The van der Waals surface area contributed by atoms with Gasteiger partial charge in [-0.25, -0.2) is 9.78 Å². The molecular weight excluding hydrogens is 432 g/mol. The van der Waals surface area contributed by atoms with Crippen molar-refractivity contribution < 1.29 is 19.2 Å². The molecule has 1 amide bonds. The van der Waals surface area contributed by atoms with Crippen molar-refractivity contribution in [2.45, 2.75) is 19.4 Å². The highest BCUT2D eigenvalue weighted by Crippen LogP contribution is 2.30. The summed E-state index contributed by atoms with van der Waals surface area (Å²) >= 11 is 1.28. The minimum Gasteiger partial charge on any atom is -0.451 e. The van der Waals surface area contributed by atoms with Crippen molar-refractivity contribution in [2.75, 3.05) is 23.4 Å². The first-order valence-corrected chi connectivity index (χ1v) is 10.9. The number of anilines is 2. The summed E-state index contributed by atoms with van der Waals surface area (Å²) in [6.45, 7) is 0.610. The van der Waals surface area contributed by atoms with Crippen molar-refractivity contribution in [3.63, 3.8) is 0 Å². The Labute approximate surface area is 187 Å². The van der Waals surface area contributed by atoms with E-state index < -0.39 is 17.5 Å². The predicted octanol–water partition coefficient (Wildman–Crippen LogP) is 3.80. The van der Waals surface area contributed by atoms with E-state index in [2.05, 4.69) is 10.3 Å². The molecule has 1 aliphatic heterocycles. The minimum atomic E-state index is -0.678. The number of ether oxygens (including phenoxy) is 1. The number of rotatable bonds is 7. The fourth-order valence-corrected chi connectivity index (χ4v) is 4.14. The molecule has 9 nitrogen and oxygen atoms in total. The molecule has 1 aliphatic rings. The van der Waals surface area contributed by atoms with E-state index in [4.69, 9.17) is 4.74 Å². The van der Waals surface area contributed by atoms with Crippen LogP contribution >= 0.6 is 11.3 Å². The van der Waals surface area contributed by atoms with Crippen molar-refractivity contribution in [1.29, 1.82) is 0 Å². The van der Waals surface area contributed by atoms with Gasteiger partial charge in [0, 0.05) is 36.3 Å². The first kappa shape index (κ1) is 21.4. The van der Waals surface area contributed by atoms with Gasteiger partial charge in [-0.15, -0.1) is 11.3 Å². The van der Waals surface area contributed by atoms with Crippen LogP contribution in [0, 0.1) is 10.1 Å². The predicted molar refractivity (Wildman–Crippen MR) is 120 cm³/mol. The number of thiazole rings is 1. The highest BCUT2D eigenvalue weighted by atomic mass is 32.1. The number of carbonyl (C=O) groups is 2. The number of hydrogen-bond donors (Lipinski definition) is 1. The van der Waals surface area contributed by atoms with Gasteiger partial charge in [-0.05, 0) is 30.0 Å². The highest BCUT2D eigenvalue weighted by Gasteiger charge is 2.25. The molecule has 0 radical (unpaired) electrons. The van der Waals surface area contributed by atoms with Gasteiger partial charge in [-0.3, -0.25) is 14.9 Å². The molecule has 32 heavy (non-hydrogen) atoms. The van der Waals surface area contributed by atoms with Crippen LogP contribution in [-0.4, -0.2) is 34.9 Å². The van der Waals surface area contributed by atoms with Crippen LogP contribution in [0.4, 0.5) is 16.5 Å². The Bertz CT molecular complexity index is 1150. The van der Waals surface area contributed by atoms with E-state index in [1.54, 1.807) is 11.4 Å². The lowest BCUT2D eigenvalue weighted by Crippen LogP contribution is -2.38. The van der Waals surface area contributed by atoms with E-state index >= 15 is 0 Å². The first-order valence-electron chi connectivity index (χ1n) is 9.99. The Morgan fingerprint density at radius 1 is 1.22 bits per heavy atom. The molecule has 0 fully saturated rings. The molecule has 164 valence electrons. The molecule has 2 heterocycles. The normalized spacial score (nSPS) is 12.7. The molecule has 0 atom stereocenters. The second-order valence-electron chi connectivity index (χ2n) is 7.17. The summed E-state index contributed by atoms with van der Waals surface area (Å²) in [5, 5.41) is 16.3. The van der Waals surface area contributed by atoms with E-state index in [9.17, 15) is 19.7 Å². The maximum Gasteiger partial charge on any atom is 0.358 e. The third-order valence-electron chi connectivity index (χ3n) is 5.02. The fraction of sp³-hybridized carbons (Fsp3) is 0.227. The van der Waals surface area contributed by atoms with Crippen LogP contribution in [0.5, 0.6) is 0 Å². The number of nitro groups is 1. The van der Waals surface area contributed by atoms with Crippen LogP contribution in [0.3, 0.4) is 0 Å². The molecule has 1 aromatic heterocycles. The SMILES string of the molecule is O=C(OCC(=O)N1CCCc2cc([N+](=O)[O-])ccc21)c1csc(NCc2ccccc2)n1. The lowest BCUT2D eigenvalue weighted by Gasteiger charge is -2.29. The third-order valence-corrected chi connectivity index (χ3v) is 5.82. The van der Waals surface area contributed by atoms with Crippen LogP contribution in [0.2, 0.25) is 0 Å². The number of nitro benzene ring substituents is 1. The van der Waals surface area contributed by atoms with Gasteiger partial charge in [0.2, 0.25) is 0 Å². The number of carbonyl (C=O) groups excluding carboxylic acids is 2. The molecule has 0 aliphatic carbocycles. The topological polar surface area (TPSA) is 115 Å². The zero-order valence-corrected chi connectivity index (χ0v) is 17.8. The highest BCUT2D eigenvalue weighted by molar-refractivity contribution is 7.13. The number of fused-ring (bicyclic) bond motifs is 1. The number of aryl methyl sites for hydroxylation is 1. The van der Waals surface area contributed by atoms with E-state index in [-0.39, 0.29) is 17.3 Å². The third kappa shape index (κ3) is 4.92. The Hall–Kier alpha value is -3.79. The van der Waals surface area contributed by atoms with Crippen molar-refractivity contribution in [3.8, 4) is 0 Å². The van der Waals surface area contributed by atoms with Crippen LogP contribution in [0.1, 0.15) is 28.0 Å². The van der Waals surface area contributed by atoms with E-state index in [0.29, 0.717) is 36.8 Å². The largest absolute Gasteiger partial charge is 0.451 e. The zero-order chi connectivity index (χ0) is 22.5. The Morgan fingerprint density at radius 2 is 2.03 bits per heavy atom. The molecule has 3 aromatic rings. The van der Waals surface area contributed by atoms with E-state index in [0.717, 1.165) is 11.1 Å². The maximum absolute atomic E-state index is 12.7. The molecule has 10 heteroatoms. The van der Waals surface area contributed by atoms with Crippen LogP contribution in [0.15, 0.2) is 53.9 Å². The van der Waals surface area contributed by atoms with Gasteiger partial charge >= 0.3 is 5.97 Å². The molecule has 0 saturated carbocycles. The van der Waals surface area contributed by atoms with Crippen LogP contribution < -0.4 is 10.2 Å². The second-order valence-corrected chi connectivity index (χ2v) is 8.03. The summed E-state index contributed by atoms with van der Waals surface area (Å²) in [4.78, 5) is 41.3. The molecule has 1 N–H and O–H groups in total. The van der Waals surface area contributed by atoms with Gasteiger partial charge in [-0.2, -0.15) is 0 Å². The number of aromatic nitrogens is 1. The Balaban J connectivity index is 1.33. The van der Waals surface area contributed by atoms with Crippen molar-refractivity contribution in [2.24, 2.45) is 0 Å². The van der Waals surface area contributed by atoms with Crippen molar-refractivity contribution in [1.82, 2.24) is 4.98 Å². The van der Waals surface area contributed by atoms with Gasteiger partial charge < -0.3 is 15.0 Å². The number of nitrogens with one attached hydrogen (secondary N) is 1. The average molecular weight is 452 g/mol. The summed E-state index contributed by atoms with van der Waals surface area (Å²) < 4.78 is 5.17. The number of non-ortho nitro benzene ring substituents is 1. The summed E-state index contributed by atoms with van der Waals surface area (Å²) in [7, 11) is 0. The summed E-state index contributed by atoms with van der Waals surface area (Å²) in [6, 6.07) is 14.2. The van der Waals surface area contributed by atoms with Gasteiger partial charge in [0.25, 0.3) is 11.6 Å². The van der Waals surface area contributed by atoms with Crippen molar-refractivity contribution in [3.05, 3.63) is 80.8 Å². The second kappa shape index (κ2) is 9.56.